The van der Waals surface area contributed by atoms with Crippen molar-refractivity contribution in [3.63, 3.8) is 0 Å². The highest BCUT2D eigenvalue weighted by Gasteiger charge is 2.07. The molecule has 0 radical (unpaired) electrons. The zero-order chi connectivity index (χ0) is 13.1. The molecule has 0 aliphatic carbocycles. The number of hydrogen-bond acceptors (Lipinski definition) is 2. The molecule has 0 unspecified atom stereocenters. The fraction of sp³-hybridized carbons (Fsp3) is 0.0769. The van der Waals surface area contributed by atoms with E-state index >= 15 is 0 Å². The van der Waals surface area contributed by atoms with Gasteiger partial charge in [0.2, 0.25) is 0 Å². The largest absolute Gasteiger partial charge is 0.506 e. The van der Waals surface area contributed by atoms with E-state index in [0.717, 1.165) is 0 Å². The molecule has 2 nitrogen and oxygen atoms in total. The highest BCUT2D eigenvalue weighted by atomic mass is 35.5. The van der Waals surface area contributed by atoms with Gasteiger partial charge in [-0.15, -0.1) is 0 Å². The van der Waals surface area contributed by atoms with E-state index in [9.17, 15) is 9.50 Å². The Labute approximate surface area is 114 Å². The molecule has 0 amide bonds. The standard InChI is InChI=1S/C13H10Cl2FNO/c14-9-4-5-12(11(16)6-9)17-7-8-2-1-3-10(15)13(8)18/h1-6,17-18H,7H2. The van der Waals surface area contributed by atoms with Crippen molar-refractivity contribution < 1.29 is 9.50 Å². The highest BCUT2D eigenvalue weighted by molar-refractivity contribution is 6.32. The molecule has 0 spiro atoms. The Kier molecular flexibility index (Phi) is 3.94. The quantitative estimate of drug-likeness (QED) is 0.873. The maximum absolute atomic E-state index is 13.5. The average Bonchev–Trinajstić information content (AvgIpc) is 2.33. The van der Waals surface area contributed by atoms with Crippen LogP contribution in [0.4, 0.5) is 10.1 Å². The molecule has 2 aromatic carbocycles. The van der Waals surface area contributed by atoms with Gasteiger partial charge < -0.3 is 10.4 Å². The second kappa shape index (κ2) is 5.46. The van der Waals surface area contributed by atoms with Crippen LogP contribution < -0.4 is 5.32 Å². The van der Waals surface area contributed by atoms with Gasteiger partial charge in [0.25, 0.3) is 0 Å². The van der Waals surface area contributed by atoms with Crippen LogP contribution in [0.2, 0.25) is 10.0 Å². The summed E-state index contributed by atoms with van der Waals surface area (Å²) in [5.74, 6) is -0.440. The molecule has 0 fully saturated rings. The van der Waals surface area contributed by atoms with Gasteiger partial charge in [-0.25, -0.2) is 4.39 Å². The Morgan fingerprint density at radius 3 is 2.67 bits per heavy atom. The van der Waals surface area contributed by atoms with Crippen molar-refractivity contribution in [1.29, 1.82) is 0 Å². The van der Waals surface area contributed by atoms with Crippen molar-refractivity contribution in [3.05, 3.63) is 57.8 Å². The number of rotatable bonds is 3. The Morgan fingerprint density at radius 2 is 1.94 bits per heavy atom. The van der Waals surface area contributed by atoms with Crippen LogP contribution in [-0.4, -0.2) is 5.11 Å². The van der Waals surface area contributed by atoms with Gasteiger partial charge in [0.05, 0.1) is 10.7 Å². The van der Waals surface area contributed by atoms with E-state index in [1.165, 1.54) is 6.07 Å². The lowest BCUT2D eigenvalue weighted by Gasteiger charge is -2.10. The number of phenolic OH excluding ortho intramolecular Hbond substituents is 1. The molecule has 0 atom stereocenters. The number of para-hydroxylation sites is 1. The monoisotopic (exact) mass is 285 g/mol. The Morgan fingerprint density at radius 1 is 1.17 bits per heavy atom. The zero-order valence-corrected chi connectivity index (χ0v) is 10.8. The number of hydrogen-bond donors (Lipinski definition) is 2. The van der Waals surface area contributed by atoms with E-state index in [-0.39, 0.29) is 17.3 Å². The summed E-state index contributed by atoms with van der Waals surface area (Å²) in [5.41, 5.74) is 0.913. The van der Waals surface area contributed by atoms with E-state index in [4.69, 9.17) is 23.2 Å². The summed E-state index contributed by atoms with van der Waals surface area (Å²) >= 11 is 11.4. The molecule has 18 heavy (non-hydrogen) atoms. The Balaban J connectivity index is 2.14. The molecule has 5 heteroatoms. The van der Waals surface area contributed by atoms with Gasteiger partial charge in [-0.05, 0) is 24.3 Å². The molecular formula is C13H10Cl2FNO. The lowest BCUT2D eigenvalue weighted by Crippen LogP contribution is -2.01. The third kappa shape index (κ3) is 2.86. The molecule has 94 valence electrons. The molecule has 0 saturated heterocycles. The van der Waals surface area contributed by atoms with Crippen LogP contribution in [0.3, 0.4) is 0 Å². The third-order valence-electron chi connectivity index (χ3n) is 2.47. The predicted octanol–water partition coefficient (Wildman–Crippen LogP) is 4.45. The van der Waals surface area contributed by atoms with Crippen LogP contribution >= 0.6 is 23.2 Å². The van der Waals surface area contributed by atoms with Crippen molar-refractivity contribution in [3.8, 4) is 5.75 Å². The van der Waals surface area contributed by atoms with Crippen LogP contribution in [0, 0.1) is 5.82 Å². The summed E-state index contributed by atoms with van der Waals surface area (Å²) in [5, 5.41) is 13.2. The van der Waals surface area contributed by atoms with Gasteiger partial charge in [0.1, 0.15) is 11.6 Å². The maximum Gasteiger partial charge on any atom is 0.147 e. The first-order valence-corrected chi connectivity index (χ1v) is 5.99. The average molecular weight is 286 g/mol. The molecule has 2 rings (SSSR count). The maximum atomic E-state index is 13.5. The number of anilines is 1. The summed E-state index contributed by atoms with van der Waals surface area (Å²) in [6, 6.07) is 9.37. The van der Waals surface area contributed by atoms with E-state index in [0.29, 0.717) is 16.3 Å². The van der Waals surface area contributed by atoms with Crippen molar-refractivity contribution >= 4 is 28.9 Å². The van der Waals surface area contributed by atoms with E-state index in [1.54, 1.807) is 30.3 Å². The minimum Gasteiger partial charge on any atom is -0.506 e. The normalized spacial score (nSPS) is 10.4. The predicted molar refractivity (Wildman–Crippen MR) is 71.9 cm³/mol. The van der Waals surface area contributed by atoms with E-state index < -0.39 is 5.82 Å². The summed E-state index contributed by atoms with van der Waals surface area (Å²) in [6.07, 6.45) is 0. The van der Waals surface area contributed by atoms with Gasteiger partial charge >= 0.3 is 0 Å². The van der Waals surface area contributed by atoms with Crippen molar-refractivity contribution in [2.45, 2.75) is 6.54 Å². The van der Waals surface area contributed by atoms with Gasteiger partial charge in [-0.2, -0.15) is 0 Å². The molecule has 2 aromatic rings. The van der Waals surface area contributed by atoms with Crippen LogP contribution in [0.15, 0.2) is 36.4 Å². The van der Waals surface area contributed by atoms with Gasteiger partial charge in [-0.3, -0.25) is 0 Å². The number of aromatic hydroxyl groups is 1. The number of nitrogens with one attached hydrogen (secondary N) is 1. The van der Waals surface area contributed by atoms with Crippen LogP contribution in [0.1, 0.15) is 5.56 Å². The molecule has 0 aliphatic heterocycles. The number of halogens is 3. The van der Waals surface area contributed by atoms with Gasteiger partial charge in [0, 0.05) is 17.1 Å². The fourth-order valence-corrected chi connectivity index (χ4v) is 1.88. The SMILES string of the molecule is Oc1c(Cl)cccc1CNc1ccc(Cl)cc1F. The minimum atomic E-state index is -0.441. The first kappa shape index (κ1) is 13.0. The molecule has 0 bridgehead atoms. The van der Waals surface area contributed by atoms with Gasteiger partial charge in [0.15, 0.2) is 0 Å². The molecule has 0 saturated carbocycles. The number of benzene rings is 2. The van der Waals surface area contributed by atoms with Gasteiger partial charge in [-0.1, -0.05) is 35.3 Å². The minimum absolute atomic E-state index is 0.000961. The summed E-state index contributed by atoms with van der Waals surface area (Å²) in [6.45, 7) is 0.269. The first-order valence-electron chi connectivity index (χ1n) is 5.23. The van der Waals surface area contributed by atoms with E-state index in [2.05, 4.69) is 5.32 Å². The summed E-state index contributed by atoms with van der Waals surface area (Å²) in [7, 11) is 0. The molecule has 0 aromatic heterocycles. The van der Waals surface area contributed by atoms with Crippen LogP contribution in [-0.2, 0) is 6.54 Å². The van der Waals surface area contributed by atoms with Crippen molar-refractivity contribution in [1.82, 2.24) is 0 Å². The smallest absolute Gasteiger partial charge is 0.147 e. The first-order chi connectivity index (χ1) is 8.58. The number of phenols is 1. The van der Waals surface area contributed by atoms with E-state index in [1.807, 2.05) is 0 Å². The second-order valence-corrected chi connectivity index (χ2v) is 4.57. The lowest BCUT2D eigenvalue weighted by atomic mass is 10.2. The van der Waals surface area contributed by atoms with Crippen LogP contribution in [0.25, 0.3) is 0 Å². The fourth-order valence-electron chi connectivity index (χ4n) is 1.53. The summed E-state index contributed by atoms with van der Waals surface area (Å²) < 4.78 is 13.5. The Hall–Kier alpha value is -1.45. The third-order valence-corrected chi connectivity index (χ3v) is 3.01. The zero-order valence-electron chi connectivity index (χ0n) is 9.25. The molecular weight excluding hydrogens is 276 g/mol. The molecule has 0 aliphatic rings. The molecule has 2 N–H and O–H groups in total. The Bertz CT molecular complexity index is 575. The lowest BCUT2D eigenvalue weighted by molar-refractivity contribution is 0.469. The van der Waals surface area contributed by atoms with Crippen LogP contribution in [0.5, 0.6) is 5.75 Å². The highest BCUT2D eigenvalue weighted by Crippen LogP contribution is 2.28. The van der Waals surface area contributed by atoms with Crippen molar-refractivity contribution in [2.75, 3.05) is 5.32 Å². The van der Waals surface area contributed by atoms with Crippen molar-refractivity contribution in [2.24, 2.45) is 0 Å². The summed E-state index contributed by atoms with van der Waals surface area (Å²) in [4.78, 5) is 0. The second-order valence-electron chi connectivity index (χ2n) is 3.73. The topological polar surface area (TPSA) is 32.3 Å². The molecule has 0 heterocycles.